The Hall–Kier alpha value is -0.870. The van der Waals surface area contributed by atoms with Gasteiger partial charge in [-0.15, -0.1) is 10.2 Å². The standard InChI is InChI=1S/C15H23ClN4/c1-10(2)19-6-4-12-5-7-20(13(12)9-19)14-8-11(3)15(16)18-17-14/h8,10,12-13H,4-7,9H2,1-3H3/t12-,13-/m0/s1. The number of anilines is 1. The van der Waals surface area contributed by atoms with Crippen molar-refractivity contribution in [3.63, 3.8) is 0 Å². The molecule has 5 heteroatoms. The van der Waals surface area contributed by atoms with E-state index in [-0.39, 0.29) is 0 Å². The van der Waals surface area contributed by atoms with E-state index in [1.807, 2.05) is 6.92 Å². The van der Waals surface area contributed by atoms with Gasteiger partial charge >= 0.3 is 0 Å². The molecule has 2 aliphatic rings. The summed E-state index contributed by atoms with van der Waals surface area (Å²) in [6.45, 7) is 10.0. The number of rotatable bonds is 2. The zero-order valence-electron chi connectivity index (χ0n) is 12.5. The number of nitrogens with zero attached hydrogens (tertiary/aromatic N) is 4. The molecule has 2 atom stereocenters. The fourth-order valence-corrected chi connectivity index (χ4v) is 3.61. The number of likely N-dealkylation sites (tertiary alicyclic amines) is 1. The van der Waals surface area contributed by atoms with Crippen molar-refractivity contribution in [2.45, 2.75) is 45.7 Å². The molecule has 3 rings (SSSR count). The molecule has 2 saturated heterocycles. The molecule has 4 nitrogen and oxygen atoms in total. The average molecular weight is 295 g/mol. The first-order valence-electron chi connectivity index (χ1n) is 7.57. The van der Waals surface area contributed by atoms with Crippen LogP contribution in [0.5, 0.6) is 0 Å². The second kappa shape index (κ2) is 5.49. The molecule has 1 aromatic heterocycles. The molecule has 3 heterocycles. The average Bonchev–Trinajstić information content (AvgIpc) is 2.84. The van der Waals surface area contributed by atoms with Crippen LogP contribution in [0.2, 0.25) is 5.15 Å². The van der Waals surface area contributed by atoms with Gasteiger partial charge < -0.3 is 4.90 Å². The van der Waals surface area contributed by atoms with Crippen LogP contribution in [0.1, 0.15) is 32.3 Å². The third-order valence-electron chi connectivity index (χ3n) is 4.83. The summed E-state index contributed by atoms with van der Waals surface area (Å²) in [6, 6.07) is 3.28. The lowest BCUT2D eigenvalue weighted by Crippen LogP contribution is -2.50. The molecule has 2 fully saturated rings. The van der Waals surface area contributed by atoms with Crippen molar-refractivity contribution in [2.75, 3.05) is 24.5 Å². The molecule has 0 amide bonds. The summed E-state index contributed by atoms with van der Waals surface area (Å²) < 4.78 is 0. The molecule has 0 bridgehead atoms. The van der Waals surface area contributed by atoms with Crippen LogP contribution in [-0.4, -0.2) is 46.8 Å². The molecule has 1 aromatic rings. The zero-order valence-corrected chi connectivity index (χ0v) is 13.3. The van der Waals surface area contributed by atoms with Gasteiger partial charge in [-0.05, 0) is 57.7 Å². The van der Waals surface area contributed by atoms with Gasteiger partial charge in [0.2, 0.25) is 0 Å². The Bertz CT molecular complexity index is 491. The Balaban J connectivity index is 1.81. The van der Waals surface area contributed by atoms with Crippen molar-refractivity contribution >= 4 is 17.4 Å². The van der Waals surface area contributed by atoms with E-state index in [0.717, 1.165) is 30.4 Å². The topological polar surface area (TPSA) is 32.3 Å². The summed E-state index contributed by atoms with van der Waals surface area (Å²) in [5.41, 5.74) is 1.01. The van der Waals surface area contributed by atoms with Gasteiger partial charge in [-0.3, -0.25) is 4.90 Å². The quantitative estimate of drug-likeness (QED) is 0.839. The normalized spacial score (nSPS) is 27.1. The first kappa shape index (κ1) is 14.1. The smallest absolute Gasteiger partial charge is 0.154 e. The Labute approximate surface area is 126 Å². The molecule has 0 unspecified atom stereocenters. The molecule has 0 aromatic carbocycles. The van der Waals surface area contributed by atoms with Gasteiger partial charge in [0.15, 0.2) is 11.0 Å². The van der Waals surface area contributed by atoms with Gasteiger partial charge in [-0.2, -0.15) is 0 Å². The van der Waals surface area contributed by atoms with Crippen LogP contribution in [0.25, 0.3) is 0 Å². The van der Waals surface area contributed by atoms with Gasteiger partial charge in [-0.25, -0.2) is 0 Å². The van der Waals surface area contributed by atoms with E-state index in [1.165, 1.54) is 19.4 Å². The summed E-state index contributed by atoms with van der Waals surface area (Å²) >= 11 is 5.99. The molecule has 0 radical (unpaired) electrons. The van der Waals surface area contributed by atoms with E-state index in [9.17, 15) is 0 Å². The van der Waals surface area contributed by atoms with Crippen molar-refractivity contribution in [3.8, 4) is 0 Å². The highest BCUT2D eigenvalue weighted by atomic mass is 35.5. The number of aryl methyl sites for hydroxylation is 1. The third kappa shape index (κ3) is 2.51. The SMILES string of the molecule is Cc1cc(N2CC[C@@H]3CCN(C(C)C)C[C@@H]32)nnc1Cl. The summed E-state index contributed by atoms with van der Waals surface area (Å²) in [4.78, 5) is 5.02. The van der Waals surface area contributed by atoms with Gasteiger partial charge in [-0.1, -0.05) is 11.6 Å². The van der Waals surface area contributed by atoms with E-state index in [1.54, 1.807) is 0 Å². The Morgan fingerprint density at radius 3 is 2.70 bits per heavy atom. The zero-order chi connectivity index (χ0) is 14.3. The molecule has 2 aliphatic heterocycles. The van der Waals surface area contributed by atoms with Crippen LogP contribution in [0.4, 0.5) is 5.82 Å². The van der Waals surface area contributed by atoms with E-state index >= 15 is 0 Å². The van der Waals surface area contributed by atoms with E-state index in [2.05, 4.69) is 39.9 Å². The van der Waals surface area contributed by atoms with Gasteiger partial charge in [0.25, 0.3) is 0 Å². The summed E-state index contributed by atoms with van der Waals surface area (Å²) in [7, 11) is 0. The van der Waals surface area contributed by atoms with Crippen molar-refractivity contribution in [1.82, 2.24) is 15.1 Å². The van der Waals surface area contributed by atoms with E-state index in [0.29, 0.717) is 17.2 Å². The fourth-order valence-electron chi connectivity index (χ4n) is 3.52. The second-order valence-electron chi connectivity index (χ2n) is 6.36. The maximum atomic E-state index is 5.99. The number of hydrogen-bond acceptors (Lipinski definition) is 4. The van der Waals surface area contributed by atoms with Crippen LogP contribution in [0, 0.1) is 12.8 Å². The summed E-state index contributed by atoms with van der Waals surface area (Å²) in [5.74, 6) is 1.80. The largest absolute Gasteiger partial charge is 0.351 e. The molecule has 20 heavy (non-hydrogen) atoms. The van der Waals surface area contributed by atoms with E-state index in [4.69, 9.17) is 11.6 Å². The highest BCUT2D eigenvalue weighted by Crippen LogP contribution is 2.35. The number of aromatic nitrogens is 2. The minimum absolute atomic E-state index is 0.511. The molecular weight excluding hydrogens is 272 g/mol. The van der Waals surface area contributed by atoms with Crippen molar-refractivity contribution in [2.24, 2.45) is 5.92 Å². The number of fused-ring (bicyclic) bond motifs is 1. The Morgan fingerprint density at radius 1 is 1.25 bits per heavy atom. The van der Waals surface area contributed by atoms with Gasteiger partial charge in [0.1, 0.15) is 0 Å². The van der Waals surface area contributed by atoms with Gasteiger partial charge in [0, 0.05) is 25.2 Å². The maximum absolute atomic E-state index is 5.99. The van der Waals surface area contributed by atoms with Crippen molar-refractivity contribution in [3.05, 3.63) is 16.8 Å². The minimum Gasteiger partial charge on any atom is -0.351 e. The minimum atomic E-state index is 0.511. The highest BCUT2D eigenvalue weighted by molar-refractivity contribution is 6.30. The molecule has 0 aliphatic carbocycles. The van der Waals surface area contributed by atoms with Crippen LogP contribution >= 0.6 is 11.6 Å². The lowest BCUT2D eigenvalue weighted by Gasteiger charge is -2.40. The molecule has 0 spiro atoms. The predicted octanol–water partition coefficient (Wildman–Crippen LogP) is 2.75. The van der Waals surface area contributed by atoms with Crippen LogP contribution in [0.15, 0.2) is 6.07 Å². The molecular formula is C15H23ClN4. The Kier molecular flexibility index (Phi) is 3.87. The van der Waals surface area contributed by atoms with Crippen molar-refractivity contribution in [1.29, 1.82) is 0 Å². The molecule has 0 saturated carbocycles. The summed E-state index contributed by atoms with van der Waals surface area (Å²) in [5, 5.41) is 8.89. The van der Waals surface area contributed by atoms with Crippen LogP contribution < -0.4 is 4.90 Å². The number of hydrogen-bond donors (Lipinski definition) is 0. The third-order valence-corrected chi connectivity index (χ3v) is 5.20. The number of piperidine rings is 1. The summed E-state index contributed by atoms with van der Waals surface area (Å²) in [6.07, 6.45) is 2.58. The molecule has 0 N–H and O–H groups in total. The highest BCUT2D eigenvalue weighted by Gasteiger charge is 2.39. The van der Waals surface area contributed by atoms with Crippen LogP contribution in [0.3, 0.4) is 0 Å². The maximum Gasteiger partial charge on any atom is 0.154 e. The van der Waals surface area contributed by atoms with Crippen LogP contribution in [-0.2, 0) is 0 Å². The number of halogens is 1. The predicted molar refractivity (Wildman–Crippen MR) is 82.3 cm³/mol. The molecule has 110 valence electrons. The van der Waals surface area contributed by atoms with Gasteiger partial charge in [0.05, 0.1) is 0 Å². The first-order valence-corrected chi connectivity index (χ1v) is 7.94. The fraction of sp³-hybridized carbons (Fsp3) is 0.733. The lowest BCUT2D eigenvalue weighted by molar-refractivity contribution is 0.141. The lowest BCUT2D eigenvalue weighted by atomic mass is 9.91. The second-order valence-corrected chi connectivity index (χ2v) is 6.72. The van der Waals surface area contributed by atoms with Crippen molar-refractivity contribution < 1.29 is 0 Å². The first-order chi connectivity index (χ1) is 9.56. The van der Waals surface area contributed by atoms with E-state index < -0.39 is 0 Å². The monoisotopic (exact) mass is 294 g/mol. The Morgan fingerprint density at radius 2 is 2.00 bits per heavy atom.